The van der Waals surface area contributed by atoms with E-state index in [1.54, 1.807) is 12.1 Å². The lowest BCUT2D eigenvalue weighted by Gasteiger charge is -2.24. The van der Waals surface area contributed by atoms with Gasteiger partial charge in [-0.2, -0.15) is 4.31 Å². The van der Waals surface area contributed by atoms with Crippen molar-refractivity contribution < 1.29 is 23.1 Å². The summed E-state index contributed by atoms with van der Waals surface area (Å²) in [6, 6.07) is 8.09. The fraction of sp³-hybridized carbons (Fsp3) is 0.500. The van der Waals surface area contributed by atoms with Gasteiger partial charge in [0.15, 0.2) is 0 Å². The maximum Gasteiger partial charge on any atom is 0.322 e. The van der Waals surface area contributed by atoms with E-state index in [9.17, 15) is 13.2 Å². The van der Waals surface area contributed by atoms with Crippen molar-refractivity contribution in [3.05, 3.63) is 35.9 Å². The van der Waals surface area contributed by atoms with E-state index in [4.69, 9.17) is 9.84 Å². The molecular weight excluding hydrogens is 294 g/mol. The Morgan fingerprint density at radius 2 is 2.10 bits per heavy atom. The molecule has 0 spiro atoms. The van der Waals surface area contributed by atoms with Gasteiger partial charge in [-0.25, -0.2) is 8.42 Å². The minimum atomic E-state index is -3.69. The van der Waals surface area contributed by atoms with E-state index in [2.05, 4.69) is 0 Å². The van der Waals surface area contributed by atoms with Crippen LogP contribution in [0.1, 0.15) is 24.5 Å². The van der Waals surface area contributed by atoms with E-state index in [0.717, 1.165) is 9.87 Å². The van der Waals surface area contributed by atoms with Crippen LogP contribution in [0.5, 0.6) is 0 Å². The van der Waals surface area contributed by atoms with Gasteiger partial charge in [0.25, 0.3) is 0 Å². The molecule has 0 radical (unpaired) electrons. The van der Waals surface area contributed by atoms with Crippen molar-refractivity contribution in [1.82, 2.24) is 4.31 Å². The monoisotopic (exact) mass is 313 g/mol. The Labute approximate surface area is 124 Å². The van der Waals surface area contributed by atoms with E-state index in [1.807, 2.05) is 18.2 Å². The lowest BCUT2D eigenvalue weighted by Crippen LogP contribution is -2.42. The summed E-state index contributed by atoms with van der Waals surface area (Å²) >= 11 is 0. The molecule has 0 aromatic heterocycles. The van der Waals surface area contributed by atoms with Crippen LogP contribution in [0.15, 0.2) is 30.3 Å². The maximum absolute atomic E-state index is 12.5. The van der Waals surface area contributed by atoms with E-state index < -0.39 is 28.1 Å². The van der Waals surface area contributed by atoms with Crippen LogP contribution < -0.4 is 0 Å². The van der Waals surface area contributed by atoms with Crippen molar-refractivity contribution in [3.8, 4) is 0 Å². The standard InChI is InChI=1S/C14H19NO5S/c1-20-13(11-6-3-2-4-7-11)10-21(18,19)15-9-5-8-12(15)14(16)17/h2-4,6-7,12-13H,5,8-10H2,1H3,(H,16,17)/t12-,13?/m1/s1. The highest BCUT2D eigenvalue weighted by molar-refractivity contribution is 7.89. The molecule has 1 N–H and O–H groups in total. The molecule has 1 fully saturated rings. The minimum Gasteiger partial charge on any atom is -0.480 e. The number of carbonyl (C=O) groups is 1. The van der Waals surface area contributed by atoms with Gasteiger partial charge in [0.1, 0.15) is 6.04 Å². The van der Waals surface area contributed by atoms with Crippen LogP contribution in [0.2, 0.25) is 0 Å². The second-order valence-electron chi connectivity index (χ2n) is 5.02. The number of methoxy groups -OCH3 is 1. The van der Waals surface area contributed by atoms with E-state index in [0.29, 0.717) is 12.8 Å². The van der Waals surface area contributed by atoms with Crippen LogP contribution in [0, 0.1) is 0 Å². The fourth-order valence-corrected chi connectivity index (χ4v) is 4.47. The molecular formula is C14H19NO5S. The molecule has 2 rings (SSSR count). The first-order valence-electron chi connectivity index (χ1n) is 6.76. The molecule has 0 aliphatic carbocycles. The van der Waals surface area contributed by atoms with Crippen LogP contribution in [0.25, 0.3) is 0 Å². The summed E-state index contributed by atoms with van der Waals surface area (Å²) < 4.78 is 31.3. The normalized spacial score (nSPS) is 21.3. The summed E-state index contributed by atoms with van der Waals surface area (Å²) in [6.07, 6.45) is 0.322. The molecule has 116 valence electrons. The molecule has 21 heavy (non-hydrogen) atoms. The van der Waals surface area contributed by atoms with Crippen molar-refractivity contribution in [2.24, 2.45) is 0 Å². The molecule has 6 nitrogen and oxygen atoms in total. The number of carboxylic acids is 1. The van der Waals surface area contributed by atoms with Gasteiger partial charge in [0, 0.05) is 13.7 Å². The van der Waals surface area contributed by atoms with Crippen LogP contribution in [-0.4, -0.2) is 49.2 Å². The lowest BCUT2D eigenvalue weighted by atomic mass is 10.1. The summed E-state index contributed by atoms with van der Waals surface area (Å²) in [5.74, 6) is -1.35. The zero-order valence-corrected chi connectivity index (χ0v) is 12.6. The molecule has 1 aliphatic heterocycles. The van der Waals surface area contributed by atoms with Crippen LogP contribution in [0.3, 0.4) is 0 Å². The Balaban J connectivity index is 2.18. The number of hydrogen-bond acceptors (Lipinski definition) is 4. The summed E-state index contributed by atoms with van der Waals surface area (Å²) in [5.41, 5.74) is 0.759. The molecule has 1 aliphatic rings. The molecule has 7 heteroatoms. The third-order valence-electron chi connectivity index (χ3n) is 3.66. The van der Waals surface area contributed by atoms with Gasteiger partial charge in [-0.3, -0.25) is 4.79 Å². The fourth-order valence-electron chi connectivity index (χ4n) is 2.57. The molecule has 0 bridgehead atoms. The average Bonchev–Trinajstić information content (AvgIpc) is 2.96. The average molecular weight is 313 g/mol. The second kappa shape index (κ2) is 6.55. The Hall–Kier alpha value is -1.44. The zero-order chi connectivity index (χ0) is 15.5. The first-order valence-corrected chi connectivity index (χ1v) is 8.36. The van der Waals surface area contributed by atoms with Gasteiger partial charge >= 0.3 is 5.97 Å². The molecule has 1 unspecified atom stereocenters. The Kier molecular flexibility index (Phi) is 4.97. The van der Waals surface area contributed by atoms with Gasteiger partial charge in [-0.1, -0.05) is 30.3 Å². The highest BCUT2D eigenvalue weighted by Gasteiger charge is 2.39. The van der Waals surface area contributed by atoms with Gasteiger partial charge in [-0.05, 0) is 18.4 Å². The number of aliphatic carboxylic acids is 1. The number of hydrogen-bond donors (Lipinski definition) is 1. The number of benzene rings is 1. The third-order valence-corrected chi connectivity index (χ3v) is 5.54. The predicted octanol–water partition coefficient (Wildman–Crippen LogP) is 1.25. The number of carboxylic acid groups (broad SMARTS) is 1. The summed E-state index contributed by atoms with van der Waals surface area (Å²) in [6.45, 7) is 0.254. The number of sulfonamides is 1. The molecule has 0 amide bonds. The molecule has 1 heterocycles. The molecule has 0 saturated carbocycles. The molecule has 1 aromatic carbocycles. The summed E-state index contributed by atoms with van der Waals surface area (Å²) in [4.78, 5) is 11.1. The van der Waals surface area contributed by atoms with Crippen molar-refractivity contribution in [2.75, 3.05) is 19.4 Å². The first kappa shape index (κ1) is 15.9. The van der Waals surface area contributed by atoms with Gasteiger partial charge in [0.05, 0.1) is 11.9 Å². The smallest absolute Gasteiger partial charge is 0.322 e. The summed E-state index contributed by atoms with van der Waals surface area (Å²) in [5, 5.41) is 9.12. The summed E-state index contributed by atoms with van der Waals surface area (Å²) in [7, 11) is -2.24. The molecule has 1 saturated heterocycles. The number of nitrogens with zero attached hydrogens (tertiary/aromatic N) is 1. The second-order valence-corrected chi connectivity index (χ2v) is 6.99. The van der Waals surface area contributed by atoms with E-state index >= 15 is 0 Å². The van der Waals surface area contributed by atoms with Crippen molar-refractivity contribution >= 4 is 16.0 Å². The quantitative estimate of drug-likeness (QED) is 0.854. The van der Waals surface area contributed by atoms with E-state index in [1.165, 1.54) is 7.11 Å². The lowest BCUT2D eigenvalue weighted by molar-refractivity contribution is -0.140. The maximum atomic E-state index is 12.5. The topological polar surface area (TPSA) is 83.9 Å². The van der Waals surface area contributed by atoms with Gasteiger partial charge in [0.2, 0.25) is 10.0 Å². The Morgan fingerprint density at radius 1 is 1.43 bits per heavy atom. The van der Waals surface area contributed by atoms with Gasteiger partial charge in [-0.15, -0.1) is 0 Å². The highest BCUT2D eigenvalue weighted by Crippen LogP contribution is 2.26. The highest BCUT2D eigenvalue weighted by atomic mass is 32.2. The largest absolute Gasteiger partial charge is 0.480 e. The van der Waals surface area contributed by atoms with Crippen molar-refractivity contribution in [1.29, 1.82) is 0 Å². The molecule has 1 aromatic rings. The Bertz CT molecular complexity index is 587. The van der Waals surface area contributed by atoms with Crippen molar-refractivity contribution in [3.63, 3.8) is 0 Å². The Morgan fingerprint density at radius 3 is 2.67 bits per heavy atom. The number of rotatable bonds is 6. The molecule has 2 atom stereocenters. The number of ether oxygens (including phenoxy) is 1. The van der Waals surface area contributed by atoms with Gasteiger partial charge < -0.3 is 9.84 Å². The van der Waals surface area contributed by atoms with Crippen LogP contribution in [0.4, 0.5) is 0 Å². The predicted molar refractivity (Wildman–Crippen MR) is 77.3 cm³/mol. The minimum absolute atomic E-state index is 0.253. The van der Waals surface area contributed by atoms with Crippen molar-refractivity contribution in [2.45, 2.75) is 25.0 Å². The zero-order valence-electron chi connectivity index (χ0n) is 11.8. The first-order chi connectivity index (χ1) is 9.95. The SMILES string of the molecule is COC(CS(=O)(=O)N1CCC[C@@H]1C(=O)O)c1ccccc1. The third kappa shape index (κ3) is 3.61. The van der Waals surface area contributed by atoms with Crippen LogP contribution in [-0.2, 0) is 19.6 Å². The van der Waals surface area contributed by atoms with E-state index in [-0.39, 0.29) is 12.3 Å². The van der Waals surface area contributed by atoms with Crippen LogP contribution >= 0.6 is 0 Å².